The number of nitrogens with two attached hydrogens (primary N) is 1. The molecule has 5 aromatic carbocycles. The van der Waals surface area contributed by atoms with Crippen LogP contribution in [-0.4, -0.2) is 42.9 Å². The first-order valence-corrected chi connectivity index (χ1v) is 16.6. The molecule has 8 heteroatoms. The number of alkyl carbamates (subject to hydrolysis) is 1. The summed E-state index contributed by atoms with van der Waals surface area (Å²) >= 11 is 1.45. The highest BCUT2D eigenvalue weighted by atomic mass is 32.2. The lowest BCUT2D eigenvalue weighted by atomic mass is 9.90. The minimum absolute atomic E-state index is 0.0992. The zero-order valence-corrected chi connectivity index (χ0v) is 26.4. The molecule has 0 fully saturated rings. The SMILES string of the molecule is NC(=O)c1ccc2c(c1)N(CC(c1ccccc1)c1ccccc1)C(=O)[C@@H](NC(=O)OCC1c3ccccc3-c3ccccc31)CS2. The smallest absolute Gasteiger partial charge is 0.407 e. The molecule has 3 N–H and O–H groups in total. The molecular weight excluding hydrogens is 607 g/mol. The molecule has 7 rings (SSSR count). The quantitative estimate of drug-likeness (QED) is 0.191. The standard InChI is InChI=1S/C39H33N3O4S/c40-37(43)27-19-20-36-35(21-27)42(22-32(25-11-3-1-4-12-25)26-13-5-2-6-14-26)38(44)34(24-47-36)41-39(45)46-23-33-30-17-9-7-15-28(30)29-16-8-10-18-31(29)33/h1-21,32-34H,22-24H2,(H2,40,43)(H,41,45)/t34-/m0/s1. The van der Waals surface area contributed by atoms with Crippen LogP contribution in [0.4, 0.5) is 10.5 Å². The summed E-state index contributed by atoms with van der Waals surface area (Å²) in [5, 5.41) is 2.87. The minimum Gasteiger partial charge on any atom is -0.449 e. The molecule has 0 unspecified atom stereocenters. The number of thioether (sulfide) groups is 1. The second-order valence-corrected chi connectivity index (χ2v) is 12.8. The minimum atomic E-state index is -0.868. The van der Waals surface area contributed by atoms with Crippen LogP contribution in [0.3, 0.4) is 0 Å². The molecule has 0 aromatic heterocycles. The number of hydrogen-bond acceptors (Lipinski definition) is 5. The fourth-order valence-electron chi connectivity index (χ4n) is 6.59. The maximum Gasteiger partial charge on any atom is 0.407 e. The van der Waals surface area contributed by atoms with Crippen LogP contribution < -0.4 is 16.0 Å². The first-order valence-electron chi connectivity index (χ1n) is 15.6. The van der Waals surface area contributed by atoms with Gasteiger partial charge >= 0.3 is 6.09 Å². The number of nitrogens with zero attached hydrogens (tertiary/aromatic N) is 1. The summed E-state index contributed by atoms with van der Waals surface area (Å²) in [4.78, 5) is 42.5. The number of ether oxygens (including phenoxy) is 1. The predicted octanol–water partition coefficient (Wildman–Crippen LogP) is 6.96. The fraction of sp³-hybridized carbons (Fsp3) is 0.154. The molecular formula is C39H33N3O4S. The topological polar surface area (TPSA) is 102 Å². The number of nitrogens with one attached hydrogen (secondary N) is 1. The Morgan fingerprint density at radius 2 is 1.38 bits per heavy atom. The van der Waals surface area contributed by atoms with Crippen LogP contribution in [0.5, 0.6) is 0 Å². The second kappa shape index (κ2) is 13.2. The largest absolute Gasteiger partial charge is 0.449 e. The van der Waals surface area contributed by atoms with Gasteiger partial charge in [0.2, 0.25) is 5.91 Å². The lowest BCUT2D eigenvalue weighted by Crippen LogP contribution is -2.50. The Bertz CT molecular complexity index is 1860. The van der Waals surface area contributed by atoms with Crippen molar-refractivity contribution in [3.8, 4) is 11.1 Å². The van der Waals surface area contributed by atoms with Crippen LogP contribution in [0, 0.1) is 0 Å². The number of hydrogen-bond donors (Lipinski definition) is 2. The number of amides is 3. The Balaban J connectivity index is 1.16. The zero-order chi connectivity index (χ0) is 32.3. The van der Waals surface area contributed by atoms with Gasteiger partial charge in [-0.2, -0.15) is 0 Å². The van der Waals surface area contributed by atoms with Crippen molar-refractivity contribution in [3.63, 3.8) is 0 Å². The lowest BCUT2D eigenvalue weighted by molar-refractivity contribution is -0.120. The van der Waals surface area contributed by atoms with E-state index in [1.165, 1.54) is 11.8 Å². The van der Waals surface area contributed by atoms with Crippen molar-refractivity contribution in [3.05, 3.63) is 155 Å². The first-order chi connectivity index (χ1) is 23.0. The van der Waals surface area contributed by atoms with E-state index in [1.807, 2.05) is 91.0 Å². The van der Waals surface area contributed by atoms with Crippen molar-refractivity contribution in [1.29, 1.82) is 0 Å². The van der Waals surface area contributed by atoms with E-state index in [-0.39, 0.29) is 30.9 Å². The third-order valence-electron chi connectivity index (χ3n) is 8.91. The van der Waals surface area contributed by atoms with E-state index in [9.17, 15) is 14.4 Å². The molecule has 3 amide bonds. The normalized spacial score (nSPS) is 15.4. The fourth-order valence-corrected chi connectivity index (χ4v) is 7.64. The van der Waals surface area contributed by atoms with E-state index < -0.39 is 18.0 Å². The van der Waals surface area contributed by atoms with Crippen molar-refractivity contribution in [2.75, 3.05) is 23.8 Å². The van der Waals surface area contributed by atoms with Gasteiger partial charge in [-0.25, -0.2) is 4.79 Å². The van der Waals surface area contributed by atoms with Gasteiger partial charge in [0.25, 0.3) is 5.91 Å². The van der Waals surface area contributed by atoms with Crippen molar-refractivity contribution < 1.29 is 19.1 Å². The summed E-state index contributed by atoms with van der Waals surface area (Å²) in [6, 6.07) is 40.6. The molecule has 0 saturated carbocycles. The molecule has 1 aliphatic carbocycles. The van der Waals surface area contributed by atoms with E-state index in [4.69, 9.17) is 10.5 Å². The van der Waals surface area contributed by atoms with E-state index >= 15 is 0 Å². The highest BCUT2D eigenvalue weighted by Crippen LogP contribution is 2.44. The summed E-state index contributed by atoms with van der Waals surface area (Å²) in [5.41, 5.74) is 13.1. The van der Waals surface area contributed by atoms with Crippen LogP contribution in [0.1, 0.15) is 44.4 Å². The number of fused-ring (bicyclic) bond motifs is 4. The molecule has 1 aliphatic heterocycles. The van der Waals surface area contributed by atoms with Gasteiger partial charge in [0.1, 0.15) is 12.6 Å². The number of anilines is 1. The van der Waals surface area contributed by atoms with Crippen LogP contribution in [0.25, 0.3) is 11.1 Å². The average Bonchev–Trinajstić information content (AvgIpc) is 3.37. The molecule has 0 saturated heterocycles. The molecule has 1 heterocycles. The molecule has 0 bridgehead atoms. The van der Waals surface area contributed by atoms with Crippen molar-refractivity contribution in [2.45, 2.75) is 22.8 Å². The Morgan fingerprint density at radius 3 is 1.98 bits per heavy atom. The Labute approximate surface area is 277 Å². The van der Waals surface area contributed by atoms with Gasteiger partial charge < -0.3 is 20.7 Å². The van der Waals surface area contributed by atoms with Gasteiger partial charge in [0.05, 0.1) is 5.69 Å². The van der Waals surface area contributed by atoms with E-state index in [0.29, 0.717) is 17.0 Å². The van der Waals surface area contributed by atoms with Crippen molar-refractivity contribution in [2.24, 2.45) is 5.73 Å². The van der Waals surface area contributed by atoms with Crippen LogP contribution in [0.2, 0.25) is 0 Å². The molecule has 2 aliphatic rings. The van der Waals surface area contributed by atoms with E-state index in [1.54, 1.807) is 17.0 Å². The Hall–Kier alpha value is -5.34. The summed E-state index contributed by atoms with van der Waals surface area (Å²) in [6.07, 6.45) is -0.655. The summed E-state index contributed by atoms with van der Waals surface area (Å²) in [7, 11) is 0. The highest BCUT2D eigenvalue weighted by molar-refractivity contribution is 7.99. The average molecular weight is 640 g/mol. The van der Waals surface area contributed by atoms with Gasteiger partial charge in [0.15, 0.2) is 0 Å². The van der Waals surface area contributed by atoms with Gasteiger partial charge in [0, 0.05) is 34.6 Å². The van der Waals surface area contributed by atoms with Crippen LogP contribution in [0.15, 0.2) is 132 Å². The highest BCUT2D eigenvalue weighted by Gasteiger charge is 2.35. The molecule has 5 aromatic rings. The zero-order valence-electron chi connectivity index (χ0n) is 25.5. The second-order valence-electron chi connectivity index (χ2n) is 11.7. The first kappa shape index (κ1) is 30.3. The number of primary amides is 1. The molecule has 0 spiro atoms. The predicted molar refractivity (Wildman–Crippen MR) is 185 cm³/mol. The molecule has 234 valence electrons. The maximum absolute atomic E-state index is 14.4. The monoisotopic (exact) mass is 639 g/mol. The summed E-state index contributed by atoms with van der Waals surface area (Å²) < 4.78 is 5.82. The Morgan fingerprint density at radius 1 is 0.809 bits per heavy atom. The molecule has 0 radical (unpaired) electrons. The molecule has 47 heavy (non-hydrogen) atoms. The molecule has 1 atom stereocenters. The van der Waals surface area contributed by atoms with Crippen LogP contribution in [-0.2, 0) is 9.53 Å². The summed E-state index contributed by atoms with van der Waals surface area (Å²) in [6.45, 7) is 0.426. The third-order valence-corrected chi connectivity index (χ3v) is 10.1. The summed E-state index contributed by atoms with van der Waals surface area (Å²) in [5.74, 6) is -0.847. The van der Waals surface area contributed by atoms with Gasteiger partial charge in [-0.3, -0.25) is 9.59 Å². The van der Waals surface area contributed by atoms with E-state index in [2.05, 4.69) is 29.6 Å². The van der Waals surface area contributed by atoms with Gasteiger partial charge in [-0.1, -0.05) is 109 Å². The number of carbonyl (C=O) groups is 3. The number of benzene rings is 5. The Kier molecular flexibility index (Phi) is 8.50. The number of carbonyl (C=O) groups excluding carboxylic acids is 3. The van der Waals surface area contributed by atoms with Crippen molar-refractivity contribution >= 4 is 35.4 Å². The van der Waals surface area contributed by atoms with Gasteiger partial charge in [-0.15, -0.1) is 11.8 Å². The third kappa shape index (κ3) is 6.12. The van der Waals surface area contributed by atoms with E-state index in [0.717, 1.165) is 38.3 Å². The molecule has 7 nitrogen and oxygen atoms in total. The van der Waals surface area contributed by atoms with Gasteiger partial charge in [-0.05, 0) is 51.6 Å². The van der Waals surface area contributed by atoms with Crippen LogP contribution >= 0.6 is 11.8 Å². The number of rotatable bonds is 8. The lowest BCUT2D eigenvalue weighted by Gasteiger charge is -2.30. The maximum atomic E-state index is 14.4. The van der Waals surface area contributed by atoms with Crippen molar-refractivity contribution in [1.82, 2.24) is 5.32 Å².